The van der Waals surface area contributed by atoms with Crippen LogP contribution in [0.4, 0.5) is 10.1 Å². The van der Waals surface area contributed by atoms with E-state index in [2.05, 4.69) is 62.1 Å². The highest BCUT2D eigenvalue weighted by molar-refractivity contribution is 7.97. The average molecular weight is 451 g/mol. The molecule has 0 spiro atoms. The van der Waals surface area contributed by atoms with Crippen LogP contribution in [0.3, 0.4) is 0 Å². The van der Waals surface area contributed by atoms with Crippen LogP contribution in [0, 0.1) is 5.82 Å². The number of rotatable bonds is 5. The highest BCUT2D eigenvalue weighted by Crippen LogP contribution is 2.43. The molecule has 0 N–H and O–H groups in total. The Kier molecular flexibility index (Phi) is 6.51. The fourth-order valence-electron chi connectivity index (χ4n) is 4.88. The smallest absolute Gasteiger partial charge is 0.129 e. The predicted molar refractivity (Wildman–Crippen MR) is 130 cm³/mol. The van der Waals surface area contributed by atoms with Gasteiger partial charge in [0, 0.05) is 60.6 Å². The standard InChI is InChI=1S/C26H31FN4S/c1-20-7-10-26(21-5-3-2-4-6-21)32-31(20)18-22-8-9-24(17-25(22)27)29-14-11-23(12-15-29)30-16-13-28-19-30/h2-6,8-9,13,16-17,19-20,23,26H,7,10-12,14-15,18H2,1H3/t20-,26?/m0/s1. The lowest BCUT2D eigenvalue weighted by Crippen LogP contribution is -2.34. The molecule has 0 saturated carbocycles. The van der Waals surface area contributed by atoms with Crippen LogP contribution in [-0.4, -0.2) is 33.0 Å². The monoisotopic (exact) mass is 450 g/mol. The summed E-state index contributed by atoms with van der Waals surface area (Å²) in [6, 6.07) is 17.5. The van der Waals surface area contributed by atoms with Gasteiger partial charge in [-0.15, -0.1) is 0 Å². The van der Waals surface area contributed by atoms with Gasteiger partial charge in [-0.25, -0.2) is 13.7 Å². The minimum Gasteiger partial charge on any atom is -0.371 e. The molecule has 0 aliphatic carbocycles. The number of benzene rings is 2. The normalized spacial score (nSPS) is 22.9. The highest BCUT2D eigenvalue weighted by atomic mass is 32.2. The van der Waals surface area contributed by atoms with Crippen molar-refractivity contribution in [2.75, 3.05) is 18.0 Å². The van der Waals surface area contributed by atoms with Gasteiger partial charge in [0.1, 0.15) is 5.82 Å². The van der Waals surface area contributed by atoms with Crippen LogP contribution in [0.1, 0.15) is 55.0 Å². The Hall–Kier alpha value is -2.31. The molecule has 0 bridgehead atoms. The zero-order chi connectivity index (χ0) is 21.9. The Bertz CT molecular complexity index is 1000. The van der Waals surface area contributed by atoms with Crippen molar-refractivity contribution in [2.24, 2.45) is 0 Å². The van der Waals surface area contributed by atoms with Gasteiger partial charge in [-0.3, -0.25) is 0 Å². The van der Waals surface area contributed by atoms with Gasteiger partial charge in [0.2, 0.25) is 0 Å². The van der Waals surface area contributed by atoms with E-state index >= 15 is 4.39 Å². The lowest BCUT2D eigenvalue weighted by Gasteiger charge is -2.37. The first kappa shape index (κ1) is 21.5. The second-order valence-corrected chi connectivity index (χ2v) is 10.3. The Morgan fingerprint density at radius 2 is 1.84 bits per heavy atom. The van der Waals surface area contributed by atoms with Crippen LogP contribution < -0.4 is 4.90 Å². The van der Waals surface area contributed by atoms with Crippen LogP contribution in [0.15, 0.2) is 67.3 Å². The van der Waals surface area contributed by atoms with Crippen molar-refractivity contribution in [1.29, 1.82) is 0 Å². The van der Waals surface area contributed by atoms with E-state index in [9.17, 15) is 0 Å². The molecule has 3 heterocycles. The minimum atomic E-state index is -0.0890. The van der Waals surface area contributed by atoms with Crippen molar-refractivity contribution in [2.45, 2.75) is 56.5 Å². The van der Waals surface area contributed by atoms with E-state index in [0.29, 0.717) is 23.9 Å². The fraction of sp³-hybridized carbons (Fsp3) is 0.423. The van der Waals surface area contributed by atoms with E-state index in [4.69, 9.17) is 0 Å². The van der Waals surface area contributed by atoms with Gasteiger partial charge >= 0.3 is 0 Å². The van der Waals surface area contributed by atoms with Crippen LogP contribution in [0.25, 0.3) is 0 Å². The summed E-state index contributed by atoms with van der Waals surface area (Å²) in [4.78, 5) is 6.47. The van der Waals surface area contributed by atoms with Crippen molar-refractivity contribution in [3.05, 3.63) is 84.2 Å². The molecule has 2 saturated heterocycles. The molecule has 2 aliphatic rings. The SMILES string of the molecule is C[C@H]1CCC(c2ccccc2)SN1Cc1ccc(N2CCC(n3ccnc3)CC2)cc1F. The summed E-state index contributed by atoms with van der Waals surface area (Å²) in [5.74, 6) is -0.0890. The lowest BCUT2D eigenvalue weighted by atomic mass is 10.0. The van der Waals surface area contributed by atoms with Gasteiger partial charge in [0.15, 0.2) is 0 Å². The highest BCUT2D eigenvalue weighted by Gasteiger charge is 2.28. The Labute approximate surface area is 194 Å². The number of anilines is 1. The molecule has 32 heavy (non-hydrogen) atoms. The second-order valence-electron chi connectivity index (χ2n) is 9.01. The van der Waals surface area contributed by atoms with Crippen molar-refractivity contribution < 1.29 is 4.39 Å². The Morgan fingerprint density at radius 1 is 1.03 bits per heavy atom. The van der Waals surface area contributed by atoms with Gasteiger partial charge in [-0.2, -0.15) is 0 Å². The molecule has 1 aromatic heterocycles. The summed E-state index contributed by atoms with van der Waals surface area (Å²) >= 11 is 1.88. The maximum atomic E-state index is 15.1. The first-order chi connectivity index (χ1) is 15.7. The quantitative estimate of drug-likeness (QED) is 0.430. The Balaban J connectivity index is 1.22. The Morgan fingerprint density at radius 3 is 2.56 bits per heavy atom. The average Bonchev–Trinajstić information content (AvgIpc) is 3.37. The maximum absolute atomic E-state index is 15.1. The molecule has 2 aliphatic heterocycles. The third kappa shape index (κ3) is 4.71. The van der Waals surface area contributed by atoms with Gasteiger partial charge in [-0.1, -0.05) is 48.3 Å². The second kappa shape index (κ2) is 9.67. The molecule has 0 amide bonds. The molecule has 2 aromatic carbocycles. The first-order valence-corrected chi connectivity index (χ1v) is 12.5. The van der Waals surface area contributed by atoms with Gasteiger partial charge in [0.05, 0.1) is 6.33 Å². The first-order valence-electron chi connectivity index (χ1n) is 11.7. The predicted octanol–water partition coefficient (Wildman–Crippen LogP) is 6.24. The number of hydrogen-bond donors (Lipinski definition) is 0. The van der Waals surface area contributed by atoms with E-state index in [1.807, 2.05) is 36.7 Å². The van der Waals surface area contributed by atoms with E-state index in [1.165, 1.54) is 12.0 Å². The molecule has 1 unspecified atom stereocenters. The van der Waals surface area contributed by atoms with Crippen LogP contribution >= 0.6 is 11.9 Å². The molecular weight excluding hydrogens is 419 g/mol. The molecule has 168 valence electrons. The number of imidazole rings is 1. The largest absolute Gasteiger partial charge is 0.371 e. The van der Waals surface area contributed by atoms with Crippen LogP contribution in [0.2, 0.25) is 0 Å². The molecule has 6 heteroatoms. The van der Waals surface area contributed by atoms with E-state index in [-0.39, 0.29) is 5.82 Å². The summed E-state index contributed by atoms with van der Waals surface area (Å²) in [6.45, 7) is 4.79. The van der Waals surface area contributed by atoms with Crippen LogP contribution in [-0.2, 0) is 6.54 Å². The number of halogens is 1. The fourth-order valence-corrected chi connectivity index (χ4v) is 6.26. The van der Waals surface area contributed by atoms with Crippen molar-refractivity contribution in [3.63, 3.8) is 0 Å². The molecule has 3 aromatic rings. The molecule has 0 radical (unpaired) electrons. The third-order valence-corrected chi connectivity index (χ3v) is 8.43. The van der Waals surface area contributed by atoms with E-state index < -0.39 is 0 Å². The number of aromatic nitrogens is 2. The van der Waals surface area contributed by atoms with Gasteiger partial charge in [0.25, 0.3) is 0 Å². The number of hydrogen-bond acceptors (Lipinski definition) is 4. The summed E-state index contributed by atoms with van der Waals surface area (Å²) in [5, 5.41) is 0.450. The molecule has 2 fully saturated rings. The van der Waals surface area contributed by atoms with E-state index in [0.717, 1.165) is 43.6 Å². The summed E-state index contributed by atoms with van der Waals surface area (Å²) in [7, 11) is 0. The molecule has 5 rings (SSSR count). The summed E-state index contributed by atoms with van der Waals surface area (Å²) in [6.07, 6.45) is 10.2. The zero-order valence-electron chi connectivity index (χ0n) is 18.6. The van der Waals surface area contributed by atoms with E-state index in [1.54, 1.807) is 6.07 Å². The molecular formula is C26H31FN4S. The van der Waals surface area contributed by atoms with Gasteiger partial charge in [-0.05, 0) is 50.3 Å². The maximum Gasteiger partial charge on any atom is 0.129 e. The van der Waals surface area contributed by atoms with Gasteiger partial charge < -0.3 is 9.47 Å². The lowest BCUT2D eigenvalue weighted by molar-refractivity contribution is 0.317. The molecule has 4 nitrogen and oxygen atoms in total. The topological polar surface area (TPSA) is 24.3 Å². The zero-order valence-corrected chi connectivity index (χ0v) is 19.4. The van der Waals surface area contributed by atoms with Crippen molar-refractivity contribution in [3.8, 4) is 0 Å². The van der Waals surface area contributed by atoms with Crippen molar-refractivity contribution in [1.82, 2.24) is 13.9 Å². The summed E-state index contributed by atoms with van der Waals surface area (Å²) in [5.41, 5.74) is 3.15. The van der Waals surface area contributed by atoms with Crippen LogP contribution in [0.5, 0.6) is 0 Å². The minimum absolute atomic E-state index is 0.0890. The summed E-state index contributed by atoms with van der Waals surface area (Å²) < 4.78 is 19.7. The number of piperidine rings is 1. The third-order valence-electron chi connectivity index (χ3n) is 6.91. The van der Waals surface area contributed by atoms with Crippen molar-refractivity contribution >= 4 is 17.6 Å². The molecule has 2 atom stereocenters. The number of nitrogens with zero attached hydrogens (tertiary/aromatic N) is 4.